The van der Waals surface area contributed by atoms with Gasteiger partial charge in [0.25, 0.3) is 5.91 Å². The normalized spacial score (nSPS) is 13.8. The molecule has 0 saturated carbocycles. The molecule has 1 aliphatic heterocycles. The molecule has 0 spiro atoms. The summed E-state index contributed by atoms with van der Waals surface area (Å²) in [5, 5.41) is 2.52. The molecule has 1 aliphatic rings. The number of aromatic nitrogens is 2. The van der Waals surface area contributed by atoms with Crippen LogP contribution in [0.25, 0.3) is 0 Å². The summed E-state index contributed by atoms with van der Waals surface area (Å²) in [6.07, 6.45) is 3.73. The van der Waals surface area contributed by atoms with E-state index in [1.807, 2.05) is 0 Å². The van der Waals surface area contributed by atoms with Crippen LogP contribution in [-0.2, 0) is 0 Å². The zero-order valence-electron chi connectivity index (χ0n) is 13.5. The van der Waals surface area contributed by atoms with Crippen LogP contribution in [-0.4, -0.2) is 42.1 Å². The first kappa shape index (κ1) is 17.1. The van der Waals surface area contributed by atoms with E-state index in [0.29, 0.717) is 11.9 Å². The summed E-state index contributed by atoms with van der Waals surface area (Å²) in [5.74, 6) is -1.01. The number of nitrogens with one attached hydrogen (secondary N) is 1. The van der Waals surface area contributed by atoms with Crippen LogP contribution in [0.3, 0.4) is 0 Å². The molecule has 1 fully saturated rings. The van der Waals surface area contributed by atoms with Gasteiger partial charge in [0, 0.05) is 25.2 Å². The number of rotatable bonds is 6. The standard InChI is InChI=1S/C17H18F2N4O2/c18-12-3-4-13(14(19)9-12)17(24)20-5-8-25-16-10-15(21-11-22-16)23-6-1-2-7-23/h3-4,9-11H,1-2,5-8H2,(H,20,24). The van der Waals surface area contributed by atoms with Crippen LogP contribution in [0.15, 0.2) is 30.6 Å². The third kappa shape index (κ3) is 4.40. The molecular formula is C17H18F2N4O2. The molecule has 6 nitrogen and oxygen atoms in total. The Morgan fingerprint density at radius 2 is 2.00 bits per heavy atom. The summed E-state index contributed by atoms with van der Waals surface area (Å²) in [5.41, 5.74) is -0.209. The quantitative estimate of drug-likeness (QED) is 0.811. The van der Waals surface area contributed by atoms with Gasteiger partial charge in [-0.3, -0.25) is 4.79 Å². The molecule has 1 saturated heterocycles. The van der Waals surface area contributed by atoms with E-state index in [1.54, 1.807) is 6.07 Å². The lowest BCUT2D eigenvalue weighted by atomic mass is 10.2. The van der Waals surface area contributed by atoms with Crippen molar-refractivity contribution in [2.24, 2.45) is 0 Å². The Morgan fingerprint density at radius 3 is 2.76 bits per heavy atom. The SMILES string of the molecule is O=C(NCCOc1cc(N2CCCC2)ncn1)c1ccc(F)cc1F. The molecule has 25 heavy (non-hydrogen) atoms. The molecule has 1 amide bonds. The van der Waals surface area contributed by atoms with E-state index in [9.17, 15) is 13.6 Å². The number of hydrogen-bond donors (Lipinski definition) is 1. The zero-order valence-corrected chi connectivity index (χ0v) is 13.5. The van der Waals surface area contributed by atoms with E-state index in [-0.39, 0.29) is 18.7 Å². The van der Waals surface area contributed by atoms with Gasteiger partial charge in [0.05, 0.1) is 12.1 Å². The average molecular weight is 348 g/mol. The minimum atomic E-state index is -0.899. The maximum atomic E-state index is 13.5. The number of amides is 1. The number of halogens is 2. The van der Waals surface area contributed by atoms with Crippen molar-refractivity contribution in [2.45, 2.75) is 12.8 Å². The van der Waals surface area contributed by atoms with Crippen molar-refractivity contribution < 1.29 is 18.3 Å². The highest BCUT2D eigenvalue weighted by Crippen LogP contribution is 2.20. The van der Waals surface area contributed by atoms with Gasteiger partial charge in [0.2, 0.25) is 5.88 Å². The Kier molecular flexibility index (Phi) is 5.37. The lowest BCUT2D eigenvalue weighted by Gasteiger charge is -2.16. The van der Waals surface area contributed by atoms with E-state index >= 15 is 0 Å². The van der Waals surface area contributed by atoms with Gasteiger partial charge in [-0.05, 0) is 25.0 Å². The molecule has 3 rings (SSSR count). The lowest BCUT2D eigenvalue weighted by Crippen LogP contribution is -2.29. The van der Waals surface area contributed by atoms with Crippen LogP contribution in [0.5, 0.6) is 5.88 Å². The topological polar surface area (TPSA) is 67.3 Å². The van der Waals surface area contributed by atoms with Crippen molar-refractivity contribution in [3.05, 3.63) is 47.8 Å². The van der Waals surface area contributed by atoms with E-state index in [0.717, 1.165) is 43.9 Å². The molecule has 0 aliphatic carbocycles. The highest BCUT2D eigenvalue weighted by atomic mass is 19.1. The molecule has 2 heterocycles. The Morgan fingerprint density at radius 1 is 1.20 bits per heavy atom. The van der Waals surface area contributed by atoms with Gasteiger partial charge in [-0.1, -0.05) is 0 Å². The number of carbonyl (C=O) groups is 1. The first-order chi connectivity index (χ1) is 12.1. The maximum Gasteiger partial charge on any atom is 0.254 e. The number of hydrogen-bond acceptors (Lipinski definition) is 5. The predicted molar refractivity (Wildman–Crippen MR) is 87.7 cm³/mol. The van der Waals surface area contributed by atoms with Crippen molar-refractivity contribution in [2.75, 3.05) is 31.1 Å². The Hall–Kier alpha value is -2.77. The van der Waals surface area contributed by atoms with Gasteiger partial charge >= 0.3 is 0 Å². The van der Waals surface area contributed by atoms with Gasteiger partial charge in [0.1, 0.15) is 30.4 Å². The average Bonchev–Trinajstić information content (AvgIpc) is 3.13. The second-order valence-electron chi connectivity index (χ2n) is 5.64. The van der Waals surface area contributed by atoms with E-state index in [1.165, 1.54) is 6.33 Å². The minimum Gasteiger partial charge on any atom is -0.476 e. The molecule has 132 valence electrons. The largest absolute Gasteiger partial charge is 0.476 e. The van der Waals surface area contributed by atoms with Gasteiger partial charge in [0.15, 0.2) is 0 Å². The monoisotopic (exact) mass is 348 g/mol. The highest BCUT2D eigenvalue weighted by Gasteiger charge is 2.15. The zero-order chi connectivity index (χ0) is 17.6. The molecule has 1 N–H and O–H groups in total. The molecule has 1 aromatic carbocycles. The third-order valence-electron chi connectivity index (χ3n) is 3.87. The molecule has 0 bridgehead atoms. The van der Waals surface area contributed by atoms with Gasteiger partial charge in [-0.15, -0.1) is 0 Å². The van der Waals surface area contributed by atoms with E-state index < -0.39 is 17.5 Å². The summed E-state index contributed by atoms with van der Waals surface area (Å²) < 4.78 is 31.9. The van der Waals surface area contributed by atoms with Crippen molar-refractivity contribution in [3.8, 4) is 5.88 Å². The van der Waals surface area contributed by atoms with E-state index in [4.69, 9.17) is 4.74 Å². The highest BCUT2D eigenvalue weighted by molar-refractivity contribution is 5.94. The first-order valence-electron chi connectivity index (χ1n) is 8.06. The predicted octanol–water partition coefficient (Wildman–Crippen LogP) is 2.16. The Labute approximate surface area is 143 Å². The second-order valence-corrected chi connectivity index (χ2v) is 5.64. The van der Waals surface area contributed by atoms with E-state index in [2.05, 4.69) is 20.2 Å². The van der Waals surface area contributed by atoms with Crippen LogP contribution < -0.4 is 15.0 Å². The summed E-state index contributed by atoms with van der Waals surface area (Å²) in [7, 11) is 0. The summed E-state index contributed by atoms with van der Waals surface area (Å²) in [6.45, 7) is 2.27. The number of ether oxygens (including phenoxy) is 1. The van der Waals surface area contributed by atoms with Crippen LogP contribution in [0.4, 0.5) is 14.6 Å². The van der Waals surface area contributed by atoms with Gasteiger partial charge in [-0.2, -0.15) is 0 Å². The van der Waals surface area contributed by atoms with Crippen LogP contribution >= 0.6 is 0 Å². The second kappa shape index (κ2) is 7.87. The fourth-order valence-electron chi connectivity index (χ4n) is 2.62. The van der Waals surface area contributed by atoms with Crippen molar-refractivity contribution in [1.82, 2.24) is 15.3 Å². The van der Waals surface area contributed by atoms with Gasteiger partial charge < -0.3 is 15.0 Å². The Balaban J connectivity index is 1.48. The molecule has 1 aromatic heterocycles. The molecular weight excluding hydrogens is 330 g/mol. The molecule has 0 atom stereocenters. The number of nitrogens with zero attached hydrogens (tertiary/aromatic N) is 3. The number of anilines is 1. The van der Waals surface area contributed by atoms with Gasteiger partial charge in [-0.25, -0.2) is 18.7 Å². The van der Waals surface area contributed by atoms with Crippen LogP contribution in [0, 0.1) is 11.6 Å². The van der Waals surface area contributed by atoms with Crippen LogP contribution in [0.1, 0.15) is 23.2 Å². The summed E-state index contributed by atoms with van der Waals surface area (Å²) >= 11 is 0. The molecule has 0 radical (unpaired) electrons. The van der Waals surface area contributed by atoms with Crippen molar-refractivity contribution >= 4 is 11.7 Å². The maximum absolute atomic E-state index is 13.5. The first-order valence-corrected chi connectivity index (χ1v) is 8.06. The summed E-state index contributed by atoms with van der Waals surface area (Å²) in [4.78, 5) is 22.3. The molecule has 2 aromatic rings. The number of carbonyl (C=O) groups excluding carboxylic acids is 1. The molecule has 0 unspecified atom stereocenters. The summed E-state index contributed by atoms with van der Waals surface area (Å²) in [6, 6.07) is 4.57. The fraction of sp³-hybridized carbons (Fsp3) is 0.353. The third-order valence-corrected chi connectivity index (χ3v) is 3.87. The molecule has 8 heteroatoms. The number of benzene rings is 1. The van der Waals surface area contributed by atoms with Crippen molar-refractivity contribution in [1.29, 1.82) is 0 Å². The smallest absolute Gasteiger partial charge is 0.254 e. The van der Waals surface area contributed by atoms with Crippen LogP contribution in [0.2, 0.25) is 0 Å². The lowest BCUT2D eigenvalue weighted by molar-refractivity contribution is 0.0942. The fourth-order valence-corrected chi connectivity index (χ4v) is 2.62. The Bertz CT molecular complexity index is 751. The minimum absolute atomic E-state index is 0.165. The van der Waals surface area contributed by atoms with Crippen molar-refractivity contribution in [3.63, 3.8) is 0 Å².